The summed E-state index contributed by atoms with van der Waals surface area (Å²) in [5.74, 6) is 6.64. The minimum Gasteiger partial charge on any atom is -0.474 e. The molecule has 2 rings (SSSR count). The molecule has 1 aromatic heterocycles. The Hall–Kier alpha value is -1.57. The second-order valence-corrected chi connectivity index (χ2v) is 4.56. The highest BCUT2D eigenvalue weighted by Gasteiger charge is 2.14. The van der Waals surface area contributed by atoms with E-state index in [1.165, 1.54) is 0 Å². The number of hydrogen-bond acceptors (Lipinski definition) is 4. The van der Waals surface area contributed by atoms with Gasteiger partial charge in [0.1, 0.15) is 11.8 Å². The molecule has 1 aromatic rings. The fourth-order valence-corrected chi connectivity index (χ4v) is 1.95. The SMILES string of the molecule is OCCCC#Cc1cccc(OC2CCNCC2)n1. The summed E-state index contributed by atoms with van der Waals surface area (Å²) in [7, 11) is 0. The largest absolute Gasteiger partial charge is 0.474 e. The zero-order valence-electron chi connectivity index (χ0n) is 11.1. The van der Waals surface area contributed by atoms with E-state index in [1.807, 2.05) is 18.2 Å². The Kier molecular flexibility index (Phi) is 5.67. The molecule has 0 radical (unpaired) electrons. The maximum Gasteiger partial charge on any atom is 0.214 e. The third-order valence-electron chi connectivity index (χ3n) is 2.97. The van der Waals surface area contributed by atoms with Crippen LogP contribution >= 0.6 is 0 Å². The molecule has 0 saturated carbocycles. The normalized spacial score (nSPS) is 15.6. The van der Waals surface area contributed by atoms with Gasteiger partial charge in [-0.05, 0) is 44.3 Å². The van der Waals surface area contributed by atoms with Crippen LogP contribution in [0, 0.1) is 11.8 Å². The number of aliphatic hydroxyl groups excluding tert-OH is 1. The number of ether oxygens (including phenoxy) is 1. The van der Waals surface area contributed by atoms with Gasteiger partial charge < -0.3 is 15.2 Å². The topological polar surface area (TPSA) is 54.4 Å². The van der Waals surface area contributed by atoms with Crippen molar-refractivity contribution in [3.63, 3.8) is 0 Å². The standard InChI is InChI=1S/C15H20N2O2/c18-12-3-1-2-5-13-6-4-7-15(17-13)19-14-8-10-16-11-9-14/h4,6-7,14,16,18H,1,3,8-12H2. The summed E-state index contributed by atoms with van der Waals surface area (Å²) in [6.07, 6.45) is 3.70. The molecular formula is C15H20N2O2. The first kappa shape index (κ1) is 13.9. The lowest BCUT2D eigenvalue weighted by molar-refractivity contribution is 0.156. The summed E-state index contributed by atoms with van der Waals surface area (Å²) in [4.78, 5) is 4.39. The summed E-state index contributed by atoms with van der Waals surface area (Å²) < 4.78 is 5.86. The number of nitrogens with one attached hydrogen (secondary N) is 1. The van der Waals surface area contributed by atoms with Gasteiger partial charge in [0.2, 0.25) is 5.88 Å². The first-order valence-electron chi connectivity index (χ1n) is 6.82. The molecule has 0 aromatic carbocycles. The quantitative estimate of drug-likeness (QED) is 0.633. The Morgan fingerprint density at radius 3 is 3.00 bits per heavy atom. The van der Waals surface area contributed by atoms with Crippen molar-refractivity contribution in [2.24, 2.45) is 0 Å². The van der Waals surface area contributed by atoms with Crippen LogP contribution in [-0.2, 0) is 0 Å². The highest BCUT2D eigenvalue weighted by Crippen LogP contribution is 2.14. The summed E-state index contributed by atoms with van der Waals surface area (Å²) >= 11 is 0. The van der Waals surface area contributed by atoms with Gasteiger partial charge in [-0.15, -0.1) is 0 Å². The van der Waals surface area contributed by atoms with E-state index in [0.717, 1.165) is 31.6 Å². The van der Waals surface area contributed by atoms with Crippen molar-refractivity contribution >= 4 is 0 Å². The molecule has 2 N–H and O–H groups in total. The summed E-state index contributed by atoms with van der Waals surface area (Å²) in [5, 5.41) is 12.0. The fourth-order valence-electron chi connectivity index (χ4n) is 1.95. The van der Waals surface area contributed by atoms with Crippen molar-refractivity contribution < 1.29 is 9.84 Å². The molecule has 0 spiro atoms. The highest BCUT2D eigenvalue weighted by atomic mass is 16.5. The van der Waals surface area contributed by atoms with Gasteiger partial charge in [-0.2, -0.15) is 0 Å². The Labute approximate surface area is 114 Å². The molecule has 1 aliphatic rings. The number of piperidine rings is 1. The van der Waals surface area contributed by atoms with Gasteiger partial charge >= 0.3 is 0 Å². The molecule has 2 heterocycles. The van der Waals surface area contributed by atoms with Crippen molar-refractivity contribution in [2.75, 3.05) is 19.7 Å². The number of unbranched alkanes of at least 4 members (excludes halogenated alkanes) is 1. The Bertz CT molecular complexity index is 445. The maximum absolute atomic E-state index is 8.68. The molecule has 102 valence electrons. The summed E-state index contributed by atoms with van der Waals surface area (Å²) in [6, 6.07) is 5.67. The summed E-state index contributed by atoms with van der Waals surface area (Å²) in [5.41, 5.74) is 0.726. The van der Waals surface area contributed by atoms with Crippen molar-refractivity contribution in [3.05, 3.63) is 23.9 Å². The molecule has 1 aliphatic heterocycles. The highest BCUT2D eigenvalue weighted by molar-refractivity contribution is 5.30. The van der Waals surface area contributed by atoms with Gasteiger partial charge in [0.15, 0.2) is 0 Å². The third-order valence-corrected chi connectivity index (χ3v) is 2.97. The third kappa shape index (κ3) is 4.90. The number of pyridine rings is 1. The van der Waals surface area contributed by atoms with Gasteiger partial charge in [-0.1, -0.05) is 12.0 Å². The van der Waals surface area contributed by atoms with E-state index in [-0.39, 0.29) is 12.7 Å². The lowest BCUT2D eigenvalue weighted by Gasteiger charge is -2.23. The zero-order valence-corrected chi connectivity index (χ0v) is 11.1. The van der Waals surface area contributed by atoms with Gasteiger partial charge in [-0.25, -0.2) is 4.98 Å². The average Bonchev–Trinajstić information content (AvgIpc) is 2.45. The van der Waals surface area contributed by atoms with Crippen LogP contribution in [0.3, 0.4) is 0 Å². The first-order chi connectivity index (χ1) is 9.38. The number of nitrogens with zero attached hydrogens (tertiary/aromatic N) is 1. The maximum atomic E-state index is 8.68. The van der Waals surface area contributed by atoms with Gasteiger partial charge in [0, 0.05) is 19.1 Å². The second kappa shape index (κ2) is 7.78. The van der Waals surface area contributed by atoms with E-state index in [0.29, 0.717) is 18.7 Å². The van der Waals surface area contributed by atoms with E-state index >= 15 is 0 Å². The van der Waals surface area contributed by atoms with Crippen molar-refractivity contribution in [1.82, 2.24) is 10.3 Å². The molecular weight excluding hydrogens is 240 g/mol. The van der Waals surface area contributed by atoms with E-state index in [2.05, 4.69) is 22.1 Å². The van der Waals surface area contributed by atoms with Crippen LogP contribution in [0.1, 0.15) is 31.4 Å². The van der Waals surface area contributed by atoms with Crippen LogP contribution in [0.25, 0.3) is 0 Å². The second-order valence-electron chi connectivity index (χ2n) is 4.56. The number of aliphatic hydroxyl groups is 1. The zero-order chi connectivity index (χ0) is 13.3. The van der Waals surface area contributed by atoms with Crippen LogP contribution in [0.15, 0.2) is 18.2 Å². The number of aromatic nitrogens is 1. The van der Waals surface area contributed by atoms with Crippen LogP contribution < -0.4 is 10.1 Å². The molecule has 4 heteroatoms. The minimum atomic E-state index is 0.182. The summed E-state index contributed by atoms with van der Waals surface area (Å²) in [6.45, 7) is 2.19. The molecule has 0 aliphatic carbocycles. The van der Waals surface area contributed by atoms with Crippen LogP contribution in [0.2, 0.25) is 0 Å². The monoisotopic (exact) mass is 260 g/mol. The lowest BCUT2D eigenvalue weighted by atomic mass is 10.1. The Morgan fingerprint density at radius 2 is 2.21 bits per heavy atom. The predicted octanol–water partition coefficient (Wildman–Crippen LogP) is 1.34. The fraction of sp³-hybridized carbons (Fsp3) is 0.533. The number of rotatable bonds is 4. The molecule has 1 fully saturated rings. The van der Waals surface area contributed by atoms with Gasteiger partial charge in [0.25, 0.3) is 0 Å². The van der Waals surface area contributed by atoms with Crippen molar-refractivity contribution in [2.45, 2.75) is 31.8 Å². The molecule has 0 unspecified atom stereocenters. The molecule has 0 atom stereocenters. The van der Waals surface area contributed by atoms with Crippen LogP contribution in [0.4, 0.5) is 0 Å². The van der Waals surface area contributed by atoms with Gasteiger partial charge in [0.05, 0.1) is 0 Å². The van der Waals surface area contributed by atoms with Gasteiger partial charge in [-0.3, -0.25) is 0 Å². The molecule has 1 saturated heterocycles. The van der Waals surface area contributed by atoms with E-state index in [4.69, 9.17) is 9.84 Å². The van der Waals surface area contributed by atoms with Crippen LogP contribution in [0.5, 0.6) is 5.88 Å². The predicted molar refractivity (Wildman–Crippen MR) is 74.0 cm³/mol. The van der Waals surface area contributed by atoms with Crippen molar-refractivity contribution in [3.8, 4) is 17.7 Å². The Balaban J connectivity index is 1.91. The average molecular weight is 260 g/mol. The van der Waals surface area contributed by atoms with Crippen LogP contribution in [-0.4, -0.2) is 35.9 Å². The minimum absolute atomic E-state index is 0.182. The molecule has 4 nitrogen and oxygen atoms in total. The van der Waals surface area contributed by atoms with E-state index in [1.54, 1.807) is 0 Å². The molecule has 0 amide bonds. The molecule has 0 bridgehead atoms. The Morgan fingerprint density at radius 1 is 1.37 bits per heavy atom. The van der Waals surface area contributed by atoms with E-state index < -0.39 is 0 Å². The van der Waals surface area contributed by atoms with Crippen molar-refractivity contribution in [1.29, 1.82) is 0 Å². The first-order valence-corrected chi connectivity index (χ1v) is 6.82. The number of hydrogen-bond donors (Lipinski definition) is 2. The lowest BCUT2D eigenvalue weighted by Crippen LogP contribution is -2.34. The van der Waals surface area contributed by atoms with E-state index in [9.17, 15) is 0 Å². The smallest absolute Gasteiger partial charge is 0.214 e. The molecule has 19 heavy (non-hydrogen) atoms.